The molecule has 2 aromatic rings. The van der Waals surface area contributed by atoms with Gasteiger partial charge in [-0.05, 0) is 50.1 Å². The van der Waals surface area contributed by atoms with E-state index in [1.54, 1.807) is 0 Å². The molecule has 0 amide bonds. The molecule has 0 radical (unpaired) electrons. The molecule has 0 fully saturated rings. The van der Waals surface area contributed by atoms with Gasteiger partial charge in [0, 0.05) is 15.8 Å². The van der Waals surface area contributed by atoms with Crippen molar-refractivity contribution in [3.05, 3.63) is 57.3 Å². The average Bonchev–Trinajstić information content (AvgIpc) is 2.78. The van der Waals surface area contributed by atoms with Gasteiger partial charge in [-0.3, -0.25) is 0 Å². The van der Waals surface area contributed by atoms with Gasteiger partial charge in [-0.25, -0.2) is 0 Å². The van der Waals surface area contributed by atoms with E-state index in [-0.39, 0.29) is 0 Å². The van der Waals surface area contributed by atoms with Crippen molar-refractivity contribution in [2.24, 2.45) is 0 Å². The number of aryl methyl sites for hydroxylation is 2. The highest BCUT2D eigenvalue weighted by Crippen LogP contribution is 2.26. The molecule has 1 N–H and O–H groups in total. The first-order valence-electron chi connectivity index (χ1n) is 6.55. The maximum atomic E-state index is 3.60. The second-order valence-electron chi connectivity index (χ2n) is 4.69. The Hall–Kier alpha value is -1.12. The average molecular weight is 259 g/mol. The number of hydrogen-bond donors (Lipinski definition) is 1. The van der Waals surface area contributed by atoms with Crippen LogP contribution in [-0.4, -0.2) is 6.54 Å². The SMILES string of the molecule is CCNC(Cc1ccccc1C)c1ccc(C)s1. The first-order valence-corrected chi connectivity index (χ1v) is 7.36. The van der Waals surface area contributed by atoms with Crippen molar-refractivity contribution in [3.63, 3.8) is 0 Å². The molecule has 1 nitrogen and oxygen atoms in total. The molecule has 1 heterocycles. The summed E-state index contributed by atoms with van der Waals surface area (Å²) >= 11 is 1.90. The third-order valence-corrected chi connectivity index (χ3v) is 4.35. The summed E-state index contributed by atoms with van der Waals surface area (Å²) < 4.78 is 0. The van der Waals surface area contributed by atoms with Crippen LogP contribution in [0.1, 0.15) is 33.8 Å². The van der Waals surface area contributed by atoms with Gasteiger partial charge >= 0.3 is 0 Å². The van der Waals surface area contributed by atoms with E-state index in [0.717, 1.165) is 13.0 Å². The number of thiophene rings is 1. The van der Waals surface area contributed by atoms with Crippen LogP contribution in [0.3, 0.4) is 0 Å². The van der Waals surface area contributed by atoms with Gasteiger partial charge in [-0.2, -0.15) is 0 Å². The molecule has 1 unspecified atom stereocenters. The predicted molar refractivity (Wildman–Crippen MR) is 80.4 cm³/mol. The molecule has 1 aromatic carbocycles. The molecule has 0 aliphatic rings. The van der Waals surface area contributed by atoms with E-state index < -0.39 is 0 Å². The summed E-state index contributed by atoms with van der Waals surface area (Å²) in [6.45, 7) is 7.54. The summed E-state index contributed by atoms with van der Waals surface area (Å²) in [5, 5.41) is 3.60. The van der Waals surface area contributed by atoms with Gasteiger partial charge in [0.25, 0.3) is 0 Å². The summed E-state index contributed by atoms with van der Waals surface area (Å²) in [6, 6.07) is 13.6. The molecular weight excluding hydrogens is 238 g/mol. The largest absolute Gasteiger partial charge is 0.309 e. The molecular formula is C16H21NS. The molecule has 2 rings (SSSR count). The van der Waals surface area contributed by atoms with Gasteiger partial charge in [-0.15, -0.1) is 11.3 Å². The van der Waals surface area contributed by atoms with Crippen molar-refractivity contribution in [2.75, 3.05) is 6.54 Å². The summed E-state index contributed by atoms with van der Waals surface area (Å²) in [4.78, 5) is 2.83. The fraction of sp³-hybridized carbons (Fsp3) is 0.375. The molecule has 0 spiro atoms. The number of benzene rings is 1. The van der Waals surface area contributed by atoms with Crippen LogP contribution in [0.2, 0.25) is 0 Å². The lowest BCUT2D eigenvalue weighted by Crippen LogP contribution is -2.22. The van der Waals surface area contributed by atoms with E-state index in [1.807, 2.05) is 11.3 Å². The van der Waals surface area contributed by atoms with E-state index in [2.05, 4.69) is 62.5 Å². The number of rotatable bonds is 5. The topological polar surface area (TPSA) is 12.0 Å². The van der Waals surface area contributed by atoms with Gasteiger partial charge in [0.2, 0.25) is 0 Å². The minimum absolute atomic E-state index is 0.440. The predicted octanol–water partition coefficient (Wildman–Crippen LogP) is 4.26. The van der Waals surface area contributed by atoms with Crippen LogP contribution in [0.4, 0.5) is 0 Å². The number of hydrogen-bond acceptors (Lipinski definition) is 2. The molecule has 0 saturated heterocycles. The summed E-state index contributed by atoms with van der Waals surface area (Å²) in [5.74, 6) is 0. The normalized spacial score (nSPS) is 12.6. The van der Waals surface area contributed by atoms with E-state index >= 15 is 0 Å². The van der Waals surface area contributed by atoms with Crippen molar-refractivity contribution in [1.82, 2.24) is 5.32 Å². The van der Waals surface area contributed by atoms with Gasteiger partial charge in [0.1, 0.15) is 0 Å². The van der Waals surface area contributed by atoms with E-state index in [0.29, 0.717) is 6.04 Å². The Morgan fingerprint density at radius 2 is 1.89 bits per heavy atom. The summed E-state index contributed by atoms with van der Waals surface area (Å²) in [5.41, 5.74) is 2.82. The quantitative estimate of drug-likeness (QED) is 0.846. The maximum Gasteiger partial charge on any atom is 0.0455 e. The van der Waals surface area contributed by atoms with Crippen molar-refractivity contribution in [1.29, 1.82) is 0 Å². The lowest BCUT2D eigenvalue weighted by Gasteiger charge is -2.17. The van der Waals surface area contributed by atoms with Crippen LogP contribution in [0.25, 0.3) is 0 Å². The zero-order chi connectivity index (χ0) is 13.0. The third-order valence-electron chi connectivity index (χ3n) is 3.24. The van der Waals surface area contributed by atoms with Gasteiger partial charge in [0.15, 0.2) is 0 Å². The molecule has 1 aromatic heterocycles. The second kappa shape index (κ2) is 6.17. The van der Waals surface area contributed by atoms with Crippen LogP contribution < -0.4 is 5.32 Å². The van der Waals surface area contributed by atoms with E-state index in [1.165, 1.54) is 20.9 Å². The smallest absolute Gasteiger partial charge is 0.0455 e. The Bertz CT molecular complexity index is 501. The van der Waals surface area contributed by atoms with Crippen LogP contribution in [0.5, 0.6) is 0 Å². The summed E-state index contributed by atoms with van der Waals surface area (Å²) in [6.07, 6.45) is 1.07. The van der Waals surface area contributed by atoms with Crippen LogP contribution in [0, 0.1) is 13.8 Å². The van der Waals surface area contributed by atoms with Gasteiger partial charge < -0.3 is 5.32 Å². The van der Waals surface area contributed by atoms with Crippen molar-refractivity contribution >= 4 is 11.3 Å². The van der Waals surface area contributed by atoms with Gasteiger partial charge in [0.05, 0.1) is 0 Å². The first kappa shape index (κ1) is 13.3. The first-order chi connectivity index (χ1) is 8.70. The van der Waals surface area contributed by atoms with Crippen LogP contribution in [-0.2, 0) is 6.42 Å². The Morgan fingerprint density at radius 3 is 2.50 bits per heavy atom. The highest BCUT2D eigenvalue weighted by Gasteiger charge is 2.13. The molecule has 0 aliphatic carbocycles. The monoisotopic (exact) mass is 259 g/mol. The lowest BCUT2D eigenvalue weighted by atomic mass is 10.0. The molecule has 0 bridgehead atoms. The van der Waals surface area contributed by atoms with Gasteiger partial charge in [-0.1, -0.05) is 31.2 Å². The summed E-state index contributed by atoms with van der Waals surface area (Å²) in [7, 11) is 0. The molecule has 96 valence electrons. The second-order valence-corrected chi connectivity index (χ2v) is 6.01. The zero-order valence-electron chi connectivity index (χ0n) is 11.4. The van der Waals surface area contributed by atoms with E-state index in [9.17, 15) is 0 Å². The third kappa shape index (κ3) is 3.21. The molecule has 0 saturated carbocycles. The zero-order valence-corrected chi connectivity index (χ0v) is 12.2. The molecule has 18 heavy (non-hydrogen) atoms. The van der Waals surface area contributed by atoms with Crippen LogP contribution >= 0.6 is 11.3 Å². The molecule has 0 aliphatic heterocycles. The number of likely N-dealkylation sites (N-methyl/N-ethyl adjacent to an activating group) is 1. The Kier molecular flexibility index (Phi) is 4.56. The van der Waals surface area contributed by atoms with Crippen LogP contribution in [0.15, 0.2) is 36.4 Å². The minimum atomic E-state index is 0.440. The lowest BCUT2D eigenvalue weighted by molar-refractivity contribution is 0.557. The maximum absolute atomic E-state index is 3.60. The molecule has 1 atom stereocenters. The fourth-order valence-corrected chi connectivity index (χ4v) is 3.17. The van der Waals surface area contributed by atoms with Crippen molar-refractivity contribution in [3.8, 4) is 0 Å². The fourth-order valence-electron chi connectivity index (χ4n) is 2.22. The minimum Gasteiger partial charge on any atom is -0.309 e. The standard InChI is InChI=1S/C16H21NS/c1-4-17-15(16-10-9-13(3)18-16)11-14-8-6-5-7-12(14)2/h5-10,15,17H,4,11H2,1-3H3. The highest BCUT2D eigenvalue weighted by molar-refractivity contribution is 7.12. The highest BCUT2D eigenvalue weighted by atomic mass is 32.1. The Balaban J connectivity index is 2.19. The Labute approximate surface area is 114 Å². The molecule has 2 heteroatoms. The van der Waals surface area contributed by atoms with E-state index in [4.69, 9.17) is 0 Å². The number of nitrogens with one attached hydrogen (secondary N) is 1. The van der Waals surface area contributed by atoms with Crippen molar-refractivity contribution < 1.29 is 0 Å². The van der Waals surface area contributed by atoms with Crippen molar-refractivity contribution in [2.45, 2.75) is 33.2 Å². The Morgan fingerprint density at radius 1 is 1.11 bits per heavy atom.